The topological polar surface area (TPSA) is 64.3 Å². The molecule has 0 aromatic heterocycles. The predicted octanol–water partition coefficient (Wildman–Crippen LogP) is 0.0189. The van der Waals surface area contributed by atoms with Crippen LogP contribution in [-0.4, -0.2) is 31.7 Å². The van der Waals surface area contributed by atoms with Gasteiger partial charge < -0.3 is 15.8 Å². The molecule has 1 saturated carbocycles. The van der Waals surface area contributed by atoms with Crippen LogP contribution >= 0.6 is 0 Å². The molecule has 76 valence electrons. The van der Waals surface area contributed by atoms with Gasteiger partial charge >= 0.3 is 5.97 Å². The molecule has 2 unspecified atom stereocenters. The van der Waals surface area contributed by atoms with E-state index >= 15 is 0 Å². The first-order valence-electron chi connectivity index (χ1n) is 4.78. The van der Waals surface area contributed by atoms with Gasteiger partial charge in [0.2, 0.25) is 0 Å². The fourth-order valence-electron chi connectivity index (χ4n) is 1.71. The molecule has 3 N–H and O–H groups in total. The van der Waals surface area contributed by atoms with Gasteiger partial charge in [0.1, 0.15) is 0 Å². The number of carbonyl (C=O) groups excluding carboxylic acids is 1. The Morgan fingerprint density at radius 2 is 2.38 bits per heavy atom. The zero-order chi connectivity index (χ0) is 9.68. The SMILES string of the molecule is COC(=O)CNC1CCCC(N)C1. The second-order valence-electron chi connectivity index (χ2n) is 3.58. The van der Waals surface area contributed by atoms with Gasteiger partial charge in [0, 0.05) is 12.1 Å². The monoisotopic (exact) mass is 186 g/mol. The highest BCUT2D eigenvalue weighted by molar-refractivity contribution is 5.71. The molecule has 0 bridgehead atoms. The van der Waals surface area contributed by atoms with Crippen LogP contribution in [-0.2, 0) is 9.53 Å². The van der Waals surface area contributed by atoms with Crippen LogP contribution < -0.4 is 11.1 Å². The van der Waals surface area contributed by atoms with Gasteiger partial charge in [0.25, 0.3) is 0 Å². The molecule has 4 nitrogen and oxygen atoms in total. The van der Waals surface area contributed by atoms with Crippen molar-refractivity contribution in [1.82, 2.24) is 5.32 Å². The van der Waals surface area contributed by atoms with Gasteiger partial charge in [-0.15, -0.1) is 0 Å². The summed E-state index contributed by atoms with van der Waals surface area (Å²) in [6.07, 6.45) is 4.35. The van der Waals surface area contributed by atoms with Crippen LogP contribution in [0, 0.1) is 0 Å². The van der Waals surface area contributed by atoms with Gasteiger partial charge in [-0.3, -0.25) is 4.79 Å². The summed E-state index contributed by atoms with van der Waals surface area (Å²) in [5.41, 5.74) is 5.81. The van der Waals surface area contributed by atoms with Crippen molar-refractivity contribution >= 4 is 5.97 Å². The van der Waals surface area contributed by atoms with E-state index in [9.17, 15) is 4.79 Å². The molecule has 1 aliphatic carbocycles. The van der Waals surface area contributed by atoms with Gasteiger partial charge in [0.15, 0.2) is 0 Å². The average molecular weight is 186 g/mol. The minimum absolute atomic E-state index is 0.209. The normalized spacial score (nSPS) is 28.5. The third kappa shape index (κ3) is 3.74. The lowest BCUT2D eigenvalue weighted by molar-refractivity contribution is -0.139. The highest BCUT2D eigenvalue weighted by atomic mass is 16.5. The Morgan fingerprint density at radius 1 is 1.62 bits per heavy atom. The first-order chi connectivity index (χ1) is 6.22. The van der Waals surface area contributed by atoms with E-state index in [1.165, 1.54) is 7.11 Å². The maximum absolute atomic E-state index is 10.8. The van der Waals surface area contributed by atoms with Crippen molar-refractivity contribution in [3.63, 3.8) is 0 Å². The summed E-state index contributed by atoms with van der Waals surface area (Å²) in [5.74, 6) is -0.209. The predicted molar refractivity (Wildman–Crippen MR) is 50.3 cm³/mol. The van der Waals surface area contributed by atoms with Crippen LogP contribution in [0.4, 0.5) is 0 Å². The highest BCUT2D eigenvalue weighted by Crippen LogP contribution is 2.16. The fraction of sp³-hybridized carbons (Fsp3) is 0.889. The summed E-state index contributed by atoms with van der Waals surface area (Å²) in [5, 5.41) is 3.15. The summed E-state index contributed by atoms with van der Waals surface area (Å²) in [6.45, 7) is 0.299. The van der Waals surface area contributed by atoms with Crippen molar-refractivity contribution in [3.8, 4) is 0 Å². The summed E-state index contributed by atoms with van der Waals surface area (Å²) < 4.78 is 4.54. The van der Waals surface area contributed by atoms with E-state index < -0.39 is 0 Å². The quantitative estimate of drug-likeness (QED) is 0.610. The number of carbonyl (C=O) groups is 1. The lowest BCUT2D eigenvalue weighted by atomic mass is 9.92. The standard InChI is InChI=1S/C9H18N2O2/c1-13-9(12)6-11-8-4-2-3-7(10)5-8/h7-8,11H,2-6,10H2,1H3. The first-order valence-corrected chi connectivity index (χ1v) is 4.78. The molecule has 0 spiro atoms. The van der Waals surface area contributed by atoms with Crippen LogP contribution in [0.2, 0.25) is 0 Å². The van der Waals surface area contributed by atoms with E-state index in [0.29, 0.717) is 18.6 Å². The lowest BCUT2D eigenvalue weighted by Crippen LogP contribution is -2.41. The number of nitrogens with two attached hydrogens (primary N) is 1. The van der Waals surface area contributed by atoms with Gasteiger partial charge in [-0.2, -0.15) is 0 Å². The Kier molecular flexibility index (Phi) is 4.18. The van der Waals surface area contributed by atoms with Gasteiger partial charge in [0.05, 0.1) is 13.7 Å². The molecular formula is C9H18N2O2. The van der Waals surface area contributed by atoms with Gasteiger partial charge in [-0.1, -0.05) is 6.42 Å². The Bertz CT molecular complexity index is 173. The summed E-state index contributed by atoms with van der Waals surface area (Å²) in [4.78, 5) is 10.8. The number of hydrogen-bond acceptors (Lipinski definition) is 4. The van der Waals surface area contributed by atoms with Crippen molar-refractivity contribution in [2.45, 2.75) is 37.8 Å². The van der Waals surface area contributed by atoms with E-state index in [1.54, 1.807) is 0 Å². The largest absolute Gasteiger partial charge is 0.468 e. The maximum Gasteiger partial charge on any atom is 0.319 e. The van der Waals surface area contributed by atoms with Gasteiger partial charge in [-0.05, 0) is 19.3 Å². The van der Waals surface area contributed by atoms with E-state index in [2.05, 4.69) is 10.1 Å². The van der Waals surface area contributed by atoms with Crippen LogP contribution in [0.1, 0.15) is 25.7 Å². The third-order valence-corrected chi connectivity index (χ3v) is 2.48. The summed E-state index contributed by atoms with van der Waals surface area (Å²) in [6, 6.07) is 0.687. The van der Waals surface area contributed by atoms with Crippen molar-refractivity contribution < 1.29 is 9.53 Å². The third-order valence-electron chi connectivity index (χ3n) is 2.48. The first kappa shape index (κ1) is 10.5. The molecule has 0 amide bonds. The molecule has 0 aromatic carbocycles. The van der Waals surface area contributed by atoms with E-state index in [1.807, 2.05) is 0 Å². The zero-order valence-electron chi connectivity index (χ0n) is 8.08. The van der Waals surface area contributed by atoms with E-state index in [0.717, 1.165) is 25.7 Å². The Labute approximate surface area is 78.8 Å². The van der Waals surface area contributed by atoms with Crippen molar-refractivity contribution in [2.75, 3.05) is 13.7 Å². The van der Waals surface area contributed by atoms with Crippen molar-refractivity contribution in [2.24, 2.45) is 5.73 Å². The van der Waals surface area contributed by atoms with Crippen LogP contribution in [0.3, 0.4) is 0 Å². The lowest BCUT2D eigenvalue weighted by Gasteiger charge is -2.26. The fourth-order valence-corrected chi connectivity index (χ4v) is 1.71. The summed E-state index contributed by atoms with van der Waals surface area (Å²) >= 11 is 0. The molecular weight excluding hydrogens is 168 g/mol. The molecule has 4 heteroatoms. The second kappa shape index (κ2) is 5.19. The molecule has 0 aliphatic heterocycles. The molecule has 13 heavy (non-hydrogen) atoms. The number of methoxy groups -OCH3 is 1. The Morgan fingerprint density at radius 3 is 3.00 bits per heavy atom. The van der Waals surface area contributed by atoms with Crippen LogP contribution in [0.25, 0.3) is 0 Å². The second-order valence-corrected chi connectivity index (χ2v) is 3.58. The smallest absolute Gasteiger partial charge is 0.319 e. The number of esters is 1. The molecule has 1 rings (SSSR count). The van der Waals surface area contributed by atoms with E-state index in [-0.39, 0.29) is 5.97 Å². The minimum atomic E-state index is -0.209. The Hall–Kier alpha value is -0.610. The number of hydrogen-bond donors (Lipinski definition) is 2. The molecule has 0 radical (unpaired) electrons. The zero-order valence-corrected chi connectivity index (χ0v) is 8.08. The summed E-state index contributed by atoms with van der Waals surface area (Å²) in [7, 11) is 1.40. The minimum Gasteiger partial charge on any atom is -0.468 e. The Balaban J connectivity index is 2.17. The maximum atomic E-state index is 10.8. The molecule has 1 fully saturated rings. The molecule has 0 aromatic rings. The van der Waals surface area contributed by atoms with Crippen LogP contribution in [0.15, 0.2) is 0 Å². The van der Waals surface area contributed by atoms with Crippen LogP contribution in [0.5, 0.6) is 0 Å². The number of ether oxygens (including phenoxy) is 1. The van der Waals surface area contributed by atoms with E-state index in [4.69, 9.17) is 5.73 Å². The van der Waals surface area contributed by atoms with Gasteiger partial charge in [-0.25, -0.2) is 0 Å². The van der Waals surface area contributed by atoms with Crippen molar-refractivity contribution in [1.29, 1.82) is 0 Å². The number of rotatable bonds is 3. The molecule has 0 saturated heterocycles. The highest BCUT2D eigenvalue weighted by Gasteiger charge is 2.19. The molecule has 1 aliphatic rings. The molecule has 0 heterocycles. The van der Waals surface area contributed by atoms with Crippen molar-refractivity contribution in [3.05, 3.63) is 0 Å². The molecule has 2 atom stereocenters. The average Bonchev–Trinajstić information content (AvgIpc) is 2.14. The number of nitrogens with one attached hydrogen (secondary N) is 1.